The molecule has 70 heavy (non-hydrogen) atoms. The minimum atomic E-state index is -2.26. The van der Waals surface area contributed by atoms with Crippen LogP contribution in [0.25, 0.3) is 11.1 Å². The number of likely N-dealkylation sites (tertiary alicyclic amines) is 1. The Morgan fingerprint density at radius 3 is 2.24 bits per heavy atom. The van der Waals surface area contributed by atoms with Crippen LogP contribution in [0.2, 0.25) is 0 Å². The number of phenolic OH excluding ortho intramolecular Hbond substituents is 2. The van der Waals surface area contributed by atoms with Gasteiger partial charge < -0.3 is 63.0 Å². The van der Waals surface area contributed by atoms with Crippen LogP contribution in [0.1, 0.15) is 85.9 Å². The first-order valence-corrected chi connectivity index (χ1v) is 23.8. The number of carbonyl (C=O) groups excluding carboxylic acids is 4. The van der Waals surface area contributed by atoms with Crippen molar-refractivity contribution in [2.45, 2.75) is 86.5 Å². The second-order valence-corrected chi connectivity index (χ2v) is 19.6. The Bertz CT molecular complexity index is 2800. The average molecular weight is 960 g/mol. The smallest absolute Gasteiger partial charge is 0.409 e. The summed E-state index contributed by atoms with van der Waals surface area (Å²) in [6.07, 6.45) is -5.51. The molecule has 2 amide bonds. The van der Waals surface area contributed by atoms with Gasteiger partial charge in [-0.15, -0.1) is 0 Å². The van der Waals surface area contributed by atoms with Crippen molar-refractivity contribution >= 4 is 23.6 Å². The van der Waals surface area contributed by atoms with Gasteiger partial charge in [0.05, 0.1) is 68.9 Å². The van der Waals surface area contributed by atoms with Crippen molar-refractivity contribution in [3.63, 3.8) is 0 Å². The molecule has 12 rings (SSSR count). The van der Waals surface area contributed by atoms with E-state index >= 15 is 0 Å². The van der Waals surface area contributed by atoms with Crippen LogP contribution in [0.4, 0.5) is 4.79 Å². The summed E-state index contributed by atoms with van der Waals surface area (Å²) in [6.45, 7) is 3.64. The molecule has 4 aromatic carbocycles. The third-order valence-corrected chi connectivity index (χ3v) is 15.7. The number of ketones is 2. The fourth-order valence-corrected chi connectivity index (χ4v) is 12.5. The fourth-order valence-electron chi connectivity index (χ4n) is 12.5. The van der Waals surface area contributed by atoms with Crippen molar-refractivity contribution in [1.29, 1.82) is 0 Å². The summed E-state index contributed by atoms with van der Waals surface area (Å²) in [5.74, 6) is -3.50. The second-order valence-electron chi connectivity index (χ2n) is 19.6. The van der Waals surface area contributed by atoms with E-state index in [0.717, 1.165) is 22.3 Å². The van der Waals surface area contributed by atoms with Gasteiger partial charge in [-0.3, -0.25) is 19.3 Å². The number of hydrogen-bond donors (Lipinski definition) is 3. The van der Waals surface area contributed by atoms with Crippen molar-refractivity contribution in [2.75, 3.05) is 66.8 Å². The number of benzene rings is 4. The lowest BCUT2D eigenvalue weighted by atomic mass is 9.72. The Kier molecular flexibility index (Phi) is 10.9. The van der Waals surface area contributed by atoms with Crippen LogP contribution >= 0.6 is 0 Å². The summed E-state index contributed by atoms with van der Waals surface area (Å²) in [4.78, 5) is 62.3. The molecule has 5 saturated heterocycles. The average Bonchev–Trinajstić information content (AvgIpc) is 3.90. The van der Waals surface area contributed by atoms with Crippen molar-refractivity contribution in [2.24, 2.45) is 0 Å². The predicted octanol–water partition coefficient (Wildman–Crippen LogP) is 4.01. The van der Waals surface area contributed by atoms with E-state index in [9.17, 15) is 34.5 Å². The van der Waals surface area contributed by atoms with E-state index in [0.29, 0.717) is 13.2 Å². The number of carbonyl (C=O) groups is 4. The Morgan fingerprint density at radius 2 is 1.51 bits per heavy atom. The van der Waals surface area contributed by atoms with E-state index < -0.39 is 101 Å². The van der Waals surface area contributed by atoms with Crippen molar-refractivity contribution < 1.29 is 72.4 Å². The van der Waals surface area contributed by atoms with Crippen molar-refractivity contribution in [1.82, 2.24) is 14.7 Å². The van der Waals surface area contributed by atoms with Crippen LogP contribution < -0.4 is 4.74 Å². The quantitative estimate of drug-likeness (QED) is 0.197. The number of aromatic hydroxyl groups is 2. The lowest BCUT2D eigenvalue weighted by molar-refractivity contribution is -0.257. The number of aliphatic hydroxyl groups is 1. The van der Waals surface area contributed by atoms with Gasteiger partial charge in [-0.1, -0.05) is 60.7 Å². The summed E-state index contributed by atoms with van der Waals surface area (Å²) in [7, 11) is 2.90. The highest BCUT2D eigenvalue weighted by molar-refractivity contribution is 6.31. The van der Waals surface area contributed by atoms with Gasteiger partial charge in [-0.25, -0.2) is 4.79 Å². The molecule has 366 valence electrons. The Hall–Kier alpha value is -5.96. The highest BCUT2D eigenvalue weighted by atomic mass is 16.7. The molecular weight excluding hydrogens is 907 g/mol. The Balaban J connectivity index is 0.809. The first-order valence-electron chi connectivity index (χ1n) is 23.8. The van der Waals surface area contributed by atoms with Gasteiger partial charge in [0.25, 0.3) is 5.91 Å². The molecule has 5 heterocycles. The third-order valence-electron chi connectivity index (χ3n) is 15.7. The van der Waals surface area contributed by atoms with E-state index in [1.165, 1.54) is 30.2 Å². The molecule has 18 nitrogen and oxygen atoms in total. The number of fused-ring (bicyclic) bond motifs is 9. The number of methoxy groups -OCH3 is 2. The molecule has 0 saturated carbocycles. The summed E-state index contributed by atoms with van der Waals surface area (Å²) in [5.41, 5.74) is 0.0514. The molecule has 5 aliphatic heterocycles. The van der Waals surface area contributed by atoms with Crippen LogP contribution in [-0.4, -0.2) is 169 Å². The monoisotopic (exact) mass is 959 g/mol. The normalized spacial score (nSPS) is 29.5. The number of morpholine rings is 2. The topological polar surface area (TPSA) is 213 Å². The van der Waals surface area contributed by atoms with Gasteiger partial charge in [-0.2, -0.15) is 0 Å². The van der Waals surface area contributed by atoms with Crippen molar-refractivity contribution in [3.05, 3.63) is 111 Å². The Labute approximate surface area is 402 Å². The van der Waals surface area contributed by atoms with E-state index in [-0.39, 0.29) is 91.9 Å². The molecule has 5 fully saturated rings. The molecule has 1 spiro atoms. The van der Waals surface area contributed by atoms with Crippen LogP contribution in [0.5, 0.6) is 17.2 Å². The van der Waals surface area contributed by atoms with Gasteiger partial charge >= 0.3 is 6.09 Å². The SMILES string of the molecule is COc1cccc2c1C(=O)c1c(O)c3c(c(O)c1C2=O)C[C@@](O)(C(=O)N1CC2(CN(C(=O)OCC4c5ccccc5-c5ccccc54)CCO2)C1)C[C@@H]3O[C@H]1C[C@H]2[C@H](O[C@@H]3[C@@H](OC)OCCN32)[C@H](C)O1. The maximum absolute atomic E-state index is 14.8. The number of hydrogen-bond acceptors (Lipinski definition) is 16. The number of ether oxygens (including phenoxy) is 8. The highest BCUT2D eigenvalue weighted by Crippen LogP contribution is 2.54. The number of phenols is 2. The fraction of sp³-hybridized carbons (Fsp3) is 0.462. The number of rotatable bonds is 7. The summed E-state index contributed by atoms with van der Waals surface area (Å²) in [6, 6.07) is 20.5. The molecule has 4 aromatic rings. The van der Waals surface area contributed by atoms with Crippen LogP contribution in [0.3, 0.4) is 0 Å². The first kappa shape index (κ1) is 45.2. The number of nitrogens with zero attached hydrogens (tertiary/aromatic N) is 3. The zero-order chi connectivity index (χ0) is 48.4. The molecule has 3 N–H and O–H groups in total. The van der Waals surface area contributed by atoms with E-state index in [2.05, 4.69) is 29.2 Å². The van der Waals surface area contributed by atoms with E-state index in [4.69, 9.17) is 37.9 Å². The molecule has 18 heteroatoms. The Morgan fingerprint density at radius 1 is 0.814 bits per heavy atom. The van der Waals surface area contributed by atoms with Gasteiger partial charge in [-0.05, 0) is 35.2 Å². The third kappa shape index (κ3) is 6.90. The maximum atomic E-state index is 14.8. The van der Waals surface area contributed by atoms with Gasteiger partial charge in [0.1, 0.15) is 41.2 Å². The van der Waals surface area contributed by atoms with E-state index in [1.807, 2.05) is 31.2 Å². The zero-order valence-corrected chi connectivity index (χ0v) is 38.8. The molecule has 0 aromatic heterocycles. The molecule has 0 unspecified atom stereocenters. The van der Waals surface area contributed by atoms with Crippen LogP contribution in [-0.2, 0) is 44.4 Å². The molecular formula is C52H53N3O15. The second kappa shape index (κ2) is 16.8. The molecule has 8 atom stereocenters. The molecule has 0 bridgehead atoms. The lowest BCUT2D eigenvalue weighted by Gasteiger charge is -2.55. The predicted molar refractivity (Wildman–Crippen MR) is 243 cm³/mol. The number of amides is 2. The summed E-state index contributed by atoms with van der Waals surface area (Å²) >= 11 is 0. The largest absolute Gasteiger partial charge is 0.507 e. The molecule has 8 aliphatic rings. The van der Waals surface area contributed by atoms with Crippen LogP contribution in [0, 0.1) is 0 Å². The van der Waals surface area contributed by atoms with Gasteiger partial charge in [0.2, 0.25) is 5.78 Å². The maximum Gasteiger partial charge on any atom is 0.409 e. The first-order chi connectivity index (χ1) is 33.8. The lowest BCUT2D eigenvalue weighted by Crippen LogP contribution is -2.74. The van der Waals surface area contributed by atoms with Crippen molar-refractivity contribution in [3.8, 4) is 28.4 Å². The van der Waals surface area contributed by atoms with E-state index in [1.54, 1.807) is 12.0 Å². The zero-order valence-electron chi connectivity index (χ0n) is 38.8. The summed E-state index contributed by atoms with van der Waals surface area (Å²) in [5, 5.41) is 37.1. The van der Waals surface area contributed by atoms with Gasteiger partial charge in [0, 0.05) is 68.1 Å². The molecule has 0 radical (unpaired) electrons. The minimum absolute atomic E-state index is 0.0300. The highest BCUT2D eigenvalue weighted by Gasteiger charge is 2.58. The van der Waals surface area contributed by atoms with Crippen LogP contribution in [0.15, 0.2) is 66.7 Å². The minimum Gasteiger partial charge on any atom is -0.507 e. The molecule has 3 aliphatic carbocycles. The standard InChI is InChI=1S/C52H53N3O15/c1-26-46-34(55-16-17-65-48(64-3)47(55)70-46)19-37(68-26)69-36-21-52(62,20-32-39(36)45(59)41-40(43(32)57)42(56)31-13-8-14-35(63-2)38(31)44(41)58)49(60)54-24-51(25-54)23-53(15-18-67-51)50(61)66-22-33-29-11-6-4-9-27(29)28-10-5-7-12-30(28)33/h4-14,26,33-34,36-37,46-48,57,59,62H,15-25H2,1-3H3/t26-,34-,36-,37-,46+,47+,48-,52-/m0/s1. The summed E-state index contributed by atoms with van der Waals surface area (Å²) < 4.78 is 48.6. The van der Waals surface area contributed by atoms with Gasteiger partial charge in [0.15, 0.2) is 24.6 Å².